The Morgan fingerprint density at radius 1 is 1.32 bits per heavy atom. The van der Waals surface area contributed by atoms with Gasteiger partial charge in [-0.15, -0.1) is 0 Å². The van der Waals surface area contributed by atoms with E-state index in [0.717, 1.165) is 11.3 Å². The van der Waals surface area contributed by atoms with Gasteiger partial charge in [0, 0.05) is 19.2 Å². The second-order valence-corrected chi connectivity index (χ2v) is 5.70. The standard InChI is InChI=1S/C18H20N2O5/c1-12-8-14(19-25-12)11-20(2)17(21)5-4-13-9-15(22-3)18-16(10-13)23-6-7-24-18/h4-5,8-10H,6-7,11H2,1-3H3/b5-4+. The summed E-state index contributed by atoms with van der Waals surface area (Å²) in [6.45, 7) is 3.17. The number of carbonyl (C=O) groups is 1. The van der Waals surface area contributed by atoms with E-state index in [2.05, 4.69) is 5.16 Å². The van der Waals surface area contributed by atoms with Gasteiger partial charge in [0.25, 0.3) is 0 Å². The number of methoxy groups -OCH3 is 1. The van der Waals surface area contributed by atoms with Gasteiger partial charge in [-0.05, 0) is 30.7 Å². The third-order valence-corrected chi connectivity index (χ3v) is 3.72. The molecule has 0 N–H and O–H groups in total. The molecule has 0 aliphatic carbocycles. The number of carbonyl (C=O) groups excluding carboxylic acids is 1. The molecule has 0 radical (unpaired) electrons. The van der Waals surface area contributed by atoms with E-state index in [1.807, 2.05) is 13.0 Å². The monoisotopic (exact) mass is 344 g/mol. The van der Waals surface area contributed by atoms with Crippen molar-refractivity contribution in [3.63, 3.8) is 0 Å². The highest BCUT2D eigenvalue weighted by atomic mass is 16.6. The van der Waals surface area contributed by atoms with Crippen LogP contribution >= 0.6 is 0 Å². The highest BCUT2D eigenvalue weighted by molar-refractivity contribution is 5.91. The second-order valence-electron chi connectivity index (χ2n) is 5.70. The molecule has 2 aromatic rings. The van der Waals surface area contributed by atoms with E-state index in [1.165, 1.54) is 6.08 Å². The van der Waals surface area contributed by atoms with Crippen molar-refractivity contribution in [2.45, 2.75) is 13.5 Å². The van der Waals surface area contributed by atoms with Crippen molar-refractivity contribution in [1.29, 1.82) is 0 Å². The largest absolute Gasteiger partial charge is 0.493 e. The Bertz CT molecular complexity index is 780. The maximum atomic E-state index is 12.3. The van der Waals surface area contributed by atoms with Crippen LogP contribution in [0.1, 0.15) is 17.0 Å². The summed E-state index contributed by atoms with van der Waals surface area (Å²) < 4.78 is 21.5. The van der Waals surface area contributed by atoms with Crippen LogP contribution in [0.5, 0.6) is 17.2 Å². The summed E-state index contributed by atoms with van der Waals surface area (Å²) in [6, 6.07) is 5.43. The van der Waals surface area contributed by atoms with E-state index in [0.29, 0.717) is 42.7 Å². The molecule has 2 heterocycles. The van der Waals surface area contributed by atoms with E-state index in [4.69, 9.17) is 18.7 Å². The number of benzene rings is 1. The Kier molecular flexibility index (Phi) is 4.92. The van der Waals surface area contributed by atoms with Crippen molar-refractivity contribution in [3.8, 4) is 17.2 Å². The summed E-state index contributed by atoms with van der Waals surface area (Å²) in [6.07, 6.45) is 3.21. The van der Waals surface area contributed by atoms with Gasteiger partial charge in [0.15, 0.2) is 11.5 Å². The summed E-state index contributed by atoms with van der Waals surface area (Å²) in [5, 5.41) is 3.89. The lowest BCUT2D eigenvalue weighted by Crippen LogP contribution is -2.24. The molecule has 1 aliphatic rings. The quantitative estimate of drug-likeness (QED) is 0.776. The van der Waals surface area contributed by atoms with Gasteiger partial charge in [0.05, 0.1) is 13.7 Å². The first kappa shape index (κ1) is 16.9. The summed E-state index contributed by atoms with van der Waals surface area (Å²) in [5.41, 5.74) is 1.50. The van der Waals surface area contributed by atoms with Crippen LogP contribution in [0.2, 0.25) is 0 Å². The smallest absolute Gasteiger partial charge is 0.246 e. The van der Waals surface area contributed by atoms with Crippen LogP contribution in [0.25, 0.3) is 6.08 Å². The number of amides is 1. The van der Waals surface area contributed by atoms with Gasteiger partial charge in [-0.1, -0.05) is 5.16 Å². The van der Waals surface area contributed by atoms with Crippen molar-refractivity contribution < 1.29 is 23.5 Å². The molecule has 1 aromatic carbocycles. The first-order chi connectivity index (χ1) is 12.1. The average molecular weight is 344 g/mol. The van der Waals surface area contributed by atoms with Crippen LogP contribution < -0.4 is 14.2 Å². The number of aryl methyl sites for hydroxylation is 1. The molecule has 25 heavy (non-hydrogen) atoms. The number of nitrogens with zero attached hydrogens (tertiary/aromatic N) is 2. The molecule has 0 unspecified atom stereocenters. The van der Waals surface area contributed by atoms with Gasteiger partial charge in [-0.25, -0.2) is 0 Å². The highest BCUT2D eigenvalue weighted by Crippen LogP contribution is 2.40. The van der Waals surface area contributed by atoms with Crippen molar-refractivity contribution in [2.24, 2.45) is 0 Å². The highest BCUT2D eigenvalue weighted by Gasteiger charge is 2.18. The fourth-order valence-electron chi connectivity index (χ4n) is 2.50. The van der Waals surface area contributed by atoms with Crippen molar-refractivity contribution in [1.82, 2.24) is 10.1 Å². The van der Waals surface area contributed by atoms with Gasteiger partial charge in [-0.2, -0.15) is 0 Å². The Morgan fingerprint density at radius 2 is 2.12 bits per heavy atom. The van der Waals surface area contributed by atoms with Crippen LogP contribution in [0.3, 0.4) is 0 Å². The molecule has 1 aliphatic heterocycles. The van der Waals surface area contributed by atoms with Crippen LogP contribution in [-0.4, -0.2) is 43.3 Å². The minimum atomic E-state index is -0.144. The number of likely N-dealkylation sites (N-methyl/N-ethyl adjacent to an activating group) is 1. The molecule has 0 bridgehead atoms. The Labute approximate surface area is 145 Å². The van der Waals surface area contributed by atoms with Crippen LogP contribution in [-0.2, 0) is 11.3 Å². The molecule has 132 valence electrons. The number of hydrogen-bond acceptors (Lipinski definition) is 6. The number of hydrogen-bond donors (Lipinski definition) is 0. The van der Waals surface area contributed by atoms with E-state index in [9.17, 15) is 4.79 Å². The predicted molar refractivity (Wildman–Crippen MR) is 90.7 cm³/mol. The zero-order valence-electron chi connectivity index (χ0n) is 14.4. The molecule has 1 aromatic heterocycles. The van der Waals surface area contributed by atoms with Crippen LogP contribution in [0, 0.1) is 6.92 Å². The minimum Gasteiger partial charge on any atom is -0.493 e. The SMILES string of the molecule is COc1cc(/C=C/C(=O)N(C)Cc2cc(C)on2)cc2c1OCCO2. The zero-order valence-corrected chi connectivity index (χ0v) is 14.4. The molecule has 7 heteroatoms. The minimum absolute atomic E-state index is 0.144. The fraction of sp³-hybridized carbons (Fsp3) is 0.333. The summed E-state index contributed by atoms with van der Waals surface area (Å²) in [4.78, 5) is 13.8. The fourth-order valence-corrected chi connectivity index (χ4v) is 2.50. The molecular formula is C18H20N2O5. The lowest BCUT2D eigenvalue weighted by Gasteiger charge is -2.21. The van der Waals surface area contributed by atoms with Crippen molar-refractivity contribution in [2.75, 3.05) is 27.4 Å². The van der Waals surface area contributed by atoms with E-state index in [-0.39, 0.29) is 5.91 Å². The number of fused-ring (bicyclic) bond motifs is 1. The van der Waals surface area contributed by atoms with E-state index in [1.54, 1.807) is 37.3 Å². The lowest BCUT2D eigenvalue weighted by molar-refractivity contribution is -0.125. The maximum Gasteiger partial charge on any atom is 0.246 e. The Morgan fingerprint density at radius 3 is 2.84 bits per heavy atom. The normalized spacial score (nSPS) is 13.1. The summed E-state index contributed by atoms with van der Waals surface area (Å²) in [5.74, 6) is 2.36. The topological polar surface area (TPSA) is 74.0 Å². The van der Waals surface area contributed by atoms with Crippen LogP contribution in [0.4, 0.5) is 0 Å². The number of ether oxygens (including phenoxy) is 3. The molecule has 7 nitrogen and oxygen atoms in total. The van der Waals surface area contributed by atoms with E-state index < -0.39 is 0 Å². The molecule has 0 saturated heterocycles. The molecule has 0 spiro atoms. The Hall–Kier alpha value is -2.96. The third-order valence-electron chi connectivity index (χ3n) is 3.72. The first-order valence-electron chi connectivity index (χ1n) is 7.90. The predicted octanol–water partition coefficient (Wildman–Crippen LogP) is 2.43. The average Bonchev–Trinajstić information content (AvgIpc) is 3.03. The van der Waals surface area contributed by atoms with Crippen molar-refractivity contribution in [3.05, 3.63) is 41.3 Å². The van der Waals surface area contributed by atoms with Crippen molar-refractivity contribution >= 4 is 12.0 Å². The second kappa shape index (κ2) is 7.29. The first-order valence-corrected chi connectivity index (χ1v) is 7.90. The number of rotatable bonds is 5. The Balaban J connectivity index is 1.71. The molecule has 1 amide bonds. The summed E-state index contributed by atoms with van der Waals surface area (Å²) >= 11 is 0. The van der Waals surface area contributed by atoms with Gasteiger partial charge in [0.2, 0.25) is 11.7 Å². The van der Waals surface area contributed by atoms with Crippen LogP contribution in [0.15, 0.2) is 28.8 Å². The van der Waals surface area contributed by atoms with Gasteiger partial charge in [0.1, 0.15) is 24.7 Å². The lowest BCUT2D eigenvalue weighted by atomic mass is 10.1. The molecule has 3 rings (SSSR count). The van der Waals surface area contributed by atoms with E-state index >= 15 is 0 Å². The maximum absolute atomic E-state index is 12.3. The third kappa shape index (κ3) is 3.93. The van der Waals surface area contributed by atoms with Gasteiger partial charge in [-0.3, -0.25) is 4.79 Å². The molecular weight excluding hydrogens is 324 g/mol. The zero-order chi connectivity index (χ0) is 17.8. The van der Waals surface area contributed by atoms with Gasteiger partial charge >= 0.3 is 0 Å². The molecule has 0 fully saturated rings. The number of aromatic nitrogens is 1. The molecule has 0 atom stereocenters. The molecule has 0 saturated carbocycles. The van der Waals surface area contributed by atoms with Gasteiger partial charge < -0.3 is 23.6 Å². The summed E-state index contributed by atoms with van der Waals surface area (Å²) in [7, 11) is 3.28.